The van der Waals surface area contributed by atoms with Crippen molar-refractivity contribution in [2.75, 3.05) is 10.8 Å². The van der Waals surface area contributed by atoms with E-state index >= 15 is 0 Å². The van der Waals surface area contributed by atoms with Gasteiger partial charge in [-0.3, -0.25) is 9.10 Å². The van der Waals surface area contributed by atoms with Crippen molar-refractivity contribution in [1.29, 1.82) is 0 Å². The second-order valence-electron chi connectivity index (χ2n) is 8.03. The molecular weight excluding hydrogens is 452 g/mol. The molecule has 0 amide bonds. The molecule has 170 valence electrons. The van der Waals surface area contributed by atoms with E-state index in [4.69, 9.17) is 6.57 Å². The van der Waals surface area contributed by atoms with Gasteiger partial charge in [0.2, 0.25) is 6.54 Å². The summed E-state index contributed by atoms with van der Waals surface area (Å²) < 4.78 is 29.4. The van der Waals surface area contributed by atoms with E-state index in [1.54, 1.807) is 30.3 Å². The van der Waals surface area contributed by atoms with E-state index in [9.17, 15) is 18.0 Å². The highest BCUT2D eigenvalue weighted by Gasteiger charge is 2.29. The zero-order chi connectivity index (χ0) is 23.9. The SMILES string of the molecule is [C-]#[N+]Cc1cccc2[nH]c(=O)n(-c3cccc(S(=O)(=O)N4CCCc5ccccc54)c3)c(=O)c12. The number of aryl methyl sites for hydroxylation is 1. The summed E-state index contributed by atoms with van der Waals surface area (Å²) in [6.45, 7) is 7.50. The van der Waals surface area contributed by atoms with Gasteiger partial charge in [-0.15, -0.1) is 0 Å². The van der Waals surface area contributed by atoms with E-state index in [2.05, 4.69) is 9.83 Å². The van der Waals surface area contributed by atoms with Crippen LogP contribution in [0.4, 0.5) is 5.69 Å². The maximum atomic E-state index is 13.6. The Hall–Kier alpha value is -4.16. The van der Waals surface area contributed by atoms with Gasteiger partial charge >= 0.3 is 5.69 Å². The van der Waals surface area contributed by atoms with Crippen molar-refractivity contribution in [2.24, 2.45) is 0 Å². The second-order valence-corrected chi connectivity index (χ2v) is 9.90. The van der Waals surface area contributed by atoms with Crippen LogP contribution in [0.1, 0.15) is 17.5 Å². The number of benzene rings is 3. The Morgan fingerprint density at radius 1 is 1.00 bits per heavy atom. The van der Waals surface area contributed by atoms with Gasteiger partial charge in [-0.1, -0.05) is 36.4 Å². The van der Waals surface area contributed by atoms with Crippen molar-refractivity contribution in [3.63, 3.8) is 0 Å². The van der Waals surface area contributed by atoms with E-state index in [0.29, 0.717) is 29.7 Å². The molecule has 0 radical (unpaired) electrons. The molecule has 0 atom stereocenters. The molecule has 1 aliphatic heterocycles. The molecule has 0 saturated heterocycles. The van der Waals surface area contributed by atoms with Gasteiger partial charge in [0.1, 0.15) is 0 Å². The van der Waals surface area contributed by atoms with Crippen LogP contribution in [0.5, 0.6) is 0 Å². The Kier molecular flexibility index (Phi) is 5.30. The Morgan fingerprint density at radius 2 is 1.79 bits per heavy atom. The van der Waals surface area contributed by atoms with E-state index in [1.165, 1.54) is 28.6 Å². The molecule has 2 heterocycles. The fourth-order valence-corrected chi connectivity index (χ4v) is 6.02. The molecule has 9 heteroatoms. The zero-order valence-corrected chi connectivity index (χ0v) is 18.9. The van der Waals surface area contributed by atoms with Gasteiger partial charge in [0.05, 0.1) is 27.2 Å². The number of aromatic amines is 1. The van der Waals surface area contributed by atoms with E-state index in [0.717, 1.165) is 16.6 Å². The minimum absolute atomic E-state index is 0.0115. The van der Waals surface area contributed by atoms with Crippen LogP contribution in [0.15, 0.2) is 81.2 Å². The second kappa shape index (κ2) is 8.32. The van der Waals surface area contributed by atoms with Crippen LogP contribution in [0.3, 0.4) is 0 Å². The van der Waals surface area contributed by atoms with Crippen molar-refractivity contribution in [1.82, 2.24) is 9.55 Å². The molecule has 1 N–H and O–H groups in total. The lowest BCUT2D eigenvalue weighted by Crippen LogP contribution is -2.36. The average molecular weight is 473 g/mol. The molecule has 3 aromatic carbocycles. The predicted octanol–water partition coefficient (Wildman–Crippen LogP) is 3.24. The first-order valence-electron chi connectivity index (χ1n) is 10.7. The number of anilines is 1. The Morgan fingerprint density at radius 3 is 2.62 bits per heavy atom. The standard InChI is InChI=1S/C25H20N4O4S/c1-26-16-18-8-4-12-21-23(18)24(30)29(25(31)27-21)19-10-5-11-20(15-19)34(32,33)28-14-6-9-17-7-2-3-13-22(17)28/h2-5,7-8,10-13,15H,6,9,14,16H2,(H,27,31). The largest absolute Gasteiger partial charge is 0.333 e. The molecule has 4 aromatic rings. The first kappa shape index (κ1) is 21.7. The minimum atomic E-state index is -3.92. The van der Waals surface area contributed by atoms with Crippen LogP contribution >= 0.6 is 0 Å². The molecular formula is C25H20N4O4S. The molecule has 0 bridgehead atoms. The number of nitrogens with zero attached hydrogens (tertiary/aromatic N) is 3. The third kappa shape index (κ3) is 3.49. The topological polar surface area (TPSA) is 96.6 Å². The van der Waals surface area contributed by atoms with Crippen molar-refractivity contribution >= 4 is 26.6 Å². The number of rotatable bonds is 4. The highest BCUT2D eigenvalue weighted by atomic mass is 32.2. The van der Waals surface area contributed by atoms with Crippen molar-refractivity contribution in [2.45, 2.75) is 24.3 Å². The van der Waals surface area contributed by atoms with Crippen LogP contribution in [0.2, 0.25) is 0 Å². The highest BCUT2D eigenvalue weighted by molar-refractivity contribution is 7.92. The molecule has 1 aliphatic rings. The van der Waals surface area contributed by atoms with Gasteiger partial charge in [-0.25, -0.2) is 24.4 Å². The zero-order valence-electron chi connectivity index (χ0n) is 18.1. The summed E-state index contributed by atoms with van der Waals surface area (Å²) >= 11 is 0. The van der Waals surface area contributed by atoms with Gasteiger partial charge in [-0.2, -0.15) is 0 Å². The average Bonchev–Trinajstić information content (AvgIpc) is 2.84. The molecule has 5 rings (SSSR count). The summed E-state index contributed by atoms with van der Waals surface area (Å²) in [6.07, 6.45) is 1.50. The van der Waals surface area contributed by atoms with E-state index in [-0.39, 0.29) is 22.5 Å². The summed E-state index contributed by atoms with van der Waals surface area (Å²) in [5.74, 6) is 0. The van der Waals surface area contributed by atoms with E-state index in [1.807, 2.05) is 12.1 Å². The monoisotopic (exact) mass is 472 g/mol. The Bertz CT molecular complexity index is 1700. The van der Waals surface area contributed by atoms with Gasteiger partial charge in [-0.05, 0) is 48.7 Å². The van der Waals surface area contributed by atoms with Crippen LogP contribution < -0.4 is 15.6 Å². The summed E-state index contributed by atoms with van der Waals surface area (Å²) in [5.41, 5.74) is 1.28. The first-order valence-corrected chi connectivity index (χ1v) is 12.2. The first-order chi connectivity index (χ1) is 16.4. The van der Waals surface area contributed by atoms with Gasteiger partial charge in [0.25, 0.3) is 15.6 Å². The Balaban J connectivity index is 1.67. The van der Waals surface area contributed by atoms with Crippen molar-refractivity contribution in [3.05, 3.63) is 110 Å². The number of para-hydroxylation sites is 1. The lowest BCUT2D eigenvalue weighted by molar-refractivity contribution is 0.586. The van der Waals surface area contributed by atoms with Crippen molar-refractivity contribution < 1.29 is 8.42 Å². The van der Waals surface area contributed by atoms with Crippen LogP contribution in [0.25, 0.3) is 21.4 Å². The summed E-state index contributed by atoms with van der Waals surface area (Å²) in [4.78, 5) is 32.2. The minimum Gasteiger partial charge on any atom is -0.312 e. The lowest BCUT2D eigenvalue weighted by Gasteiger charge is -2.30. The normalized spacial score (nSPS) is 13.4. The number of sulfonamides is 1. The van der Waals surface area contributed by atoms with Crippen LogP contribution in [0, 0.1) is 6.57 Å². The quantitative estimate of drug-likeness (QED) is 0.461. The Labute approximate surface area is 195 Å². The van der Waals surface area contributed by atoms with Crippen LogP contribution in [-0.2, 0) is 23.0 Å². The molecule has 1 aromatic heterocycles. The highest BCUT2D eigenvalue weighted by Crippen LogP contribution is 2.32. The summed E-state index contributed by atoms with van der Waals surface area (Å²) in [5, 5.41) is 0.233. The molecule has 0 unspecified atom stereocenters. The molecule has 34 heavy (non-hydrogen) atoms. The lowest BCUT2D eigenvalue weighted by atomic mass is 10.0. The van der Waals surface area contributed by atoms with Crippen molar-refractivity contribution in [3.8, 4) is 5.69 Å². The summed E-state index contributed by atoms with van der Waals surface area (Å²) in [6, 6.07) is 18.2. The molecule has 0 saturated carbocycles. The van der Waals surface area contributed by atoms with E-state index < -0.39 is 21.3 Å². The van der Waals surface area contributed by atoms with Crippen LogP contribution in [-0.4, -0.2) is 24.5 Å². The van der Waals surface area contributed by atoms with Gasteiger partial charge in [0, 0.05) is 12.1 Å². The molecule has 0 fully saturated rings. The number of aromatic nitrogens is 2. The number of H-pyrrole nitrogens is 1. The van der Waals surface area contributed by atoms with Gasteiger partial charge in [0.15, 0.2) is 0 Å². The maximum absolute atomic E-state index is 13.6. The molecule has 0 aliphatic carbocycles. The predicted molar refractivity (Wildman–Crippen MR) is 130 cm³/mol. The molecule has 0 spiro atoms. The fourth-order valence-electron chi connectivity index (χ4n) is 4.44. The number of hydrogen-bond donors (Lipinski definition) is 1. The third-order valence-corrected chi connectivity index (χ3v) is 7.80. The fraction of sp³-hybridized carbons (Fsp3) is 0.160. The smallest absolute Gasteiger partial charge is 0.312 e. The summed E-state index contributed by atoms with van der Waals surface area (Å²) in [7, 11) is -3.92. The number of hydrogen-bond acceptors (Lipinski definition) is 4. The number of nitrogens with one attached hydrogen (secondary N) is 1. The maximum Gasteiger partial charge on any atom is 0.333 e. The third-order valence-electron chi connectivity index (χ3n) is 5.99. The molecule has 8 nitrogen and oxygen atoms in total. The number of fused-ring (bicyclic) bond motifs is 2. The van der Waals surface area contributed by atoms with Gasteiger partial charge < -0.3 is 9.83 Å².